The van der Waals surface area contributed by atoms with Crippen LogP contribution in [0.4, 0.5) is 0 Å². The number of fused-ring (bicyclic) bond motifs is 3. The highest BCUT2D eigenvalue weighted by Gasteiger charge is 2.52. The summed E-state index contributed by atoms with van der Waals surface area (Å²) in [6.07, 6.45) is 17.7. The van der Waals surface area contributed by atoms with Crippen LogP contribution >= 0.6 is 0 Å². The van der Waals surface area contributed by atoms with Crippen LogP contribution in [0.3, 0.4) is 0 Å². The number of rotatable bonds is 3. The van der Waals surface area contributed by atoms with Gasteiger partial charge in [-0.3, -0.25) is 0 Å². The van der Waals surface area contributed by atoms with Crippen LogP contribution in [0, 0.1) is 0 Å². The van der Waals surface area contributed by atoms with Gasteiger partial charge in [-0.1, -0.05) is 72.4 Å². The Morgan fingerprint density at radius 1 is 0.829 bits per heavy atom. The van der Waals surface area contributed by atoms with Crippen LogP contribution < -0.4 is 15.2 Å². The summed E-state index contributed by atoms with van der Waals surface area (Å²) in [5.74, 6) is 3.39. The van der Waals surface area contributed by atoms with Crippen LogP contribution in [-0.4, -0.2) is 0 Å². The van der Waals surface area contributed by atoms with E-state index in [0.29, 0.717) is 6.54 Å². The van der Waals surface area contributed by atoms with Gasteiger partial charge in [-0.15, -0.1) is 0 Å². The Morgan fingerprint density at radius 2 is 1.71 bits per heavy atom. The third-order valence-corrected chi connectivity index (χ3v) is 8.12. The lowest BCUT2D eigenvalue weighted by molar-refractivity contribution is 0.283. The van der Waals surface area contributed by atoms with E-state index in [1.165, 1.54) is 33.4 Å². The van der Waals surface area contributed by atoms with Crippen molar-refractivity contribution in [2.24, 2.45) is 5.73 Å². The summed E-state index contributed by atoms with van der Waals surface area (Å²) in [6, 6.07) is 17.2. The molecule has 1 heterocycles. The van der Waals surface area contributed by atoms with Gasteiger partial charge >= 0.3 is 0 Å². The highest BCUT2D eigenvalue weighted by Crippen LogP contribution is 2.62. The van der Waals surface area contributed by atoms with E-state index in [9.17, 15) is 0 Å². The number of ether oxygens (including phenoxy) is 2. The molecule has 0 amide bonds. The molecule has 0 saturated heterocycles. The number of allylic oxidation sites excluding steroid dienone is 10. The van der Waals surface area contributed by atoms with Crippen molar-refractivity contribution in [1.82, 2.24) is 0 Å². The summed E-state index contributed by atoms with van der Waals surface area (Å²) >= 11 is 0. The van der Waals surface area contributed by atoms with Crippen LogP contribution in [0.2, 0.25) is 0 Å². The first-order chi connectivity index (χ1) is 17.3. The van der Waals surface area contributed by atoms with Gasteiger partial charge in [0.05, 0.1) is 5.41 Å². The lowest BCUT2D eigenvalue weighted by Crippen LogP contribution is -2.34. The molecule has 0 fully saturated rings. The minimum Gasteiger partial charge on any atom is -0.454 e. The van der Waals surface area contributed by atoms with E-state index >= 15 is 0 Å². The molecular formula is C32H29NO2. The van der Waals surface area contributed by atoms with E-state index in [1.54, 1.807) is 0 Å². The molecule has 4 aliphatic carbocycles. The van der Waals surface area contributed by atoms with Gasteiger partial charge in [0.15, 0.2) is 17.3 Å². The summed E-state index contributed by atoms with van der Waals surface area (Å²) in [7, 11) is 0. The second-order valence-corrected chi connectivity index (χ2v) is 9.90. The smallest absolute Gasteiger partial charge is 0.173 e. The lowest BCUT2D eigenvalue weighted by atomic mass is 9.61. The number of hydrogen-bond donors (Lipinski definition) is 1. The second-order valence-electron chi connectivity index (χ2n) is 9.90. The molecule has 1 aliphatic heterocycles. The van der Waals surface area contributed by atoms with Crippen LogP contribution in [0.5, 0.6) is 11.5 Å². The molecule has 2 aromatic rings. The third-order valence-electron chi connectivity index (χ3n) is 8.12. The fourth-order valence-electron chi connectivity index (χ4n) is 6.70. The zero-order valence-corrected chi connectivity index (χ0v) is 19.8. The van der Waals surface area contributed by atoms with Crippen molar-refractivity contribution in [2.45, 2.75) is 50.5 Å². The summed E-state index contributed by atoms with van der Waals surface area (Å²) in [4.78, 5) is 0. The molecule has 5 aliphatic rings. The highest BCUT2D eigenvalue weighted by molar-refractivity contribution is 5.75. The topological polar surface area (TPSA) is 44.5 Å². The summed E-state index contributed by atoms with van der Waals surface area (Å²) in [5, 5.41) is 0. The van der Waals surface area contributed by atoms with Crippen molar-refractivity contribution in [3.8, 4) is 11.5 Å². The fourth-order valence-corrected chi connectivity index (χ4v) is 6.70. The van der Waals surface area contributed by atoms with Gasteiger partial charge in [0.1, 0.15) is 5.76 Å². The molecule has 2 N–H and O–H groups in total. The minimum absolute atomic E-state index is 0.201. The Balaban J connectivity index is 1.47. The van der Waals surface area contributed by atoms with Gasteiger partial charge in [0, 0.05) is 18.5 Å². The van der Waals surface area contributed by atoms with E-state index in [1.807, 2.05) is 18.2 Å². The quantitative estimate of drug-likeness (QED) is 0.533. The molecule has 174 valence electrons. The van der Waals surface area contributed by atoms with Crippen molar-refractivity contribution in [1.29, 1.82) is 0 Å². The van der Waals surface area contributed by atoms with Crippen molar-refractivity contribution in [2.75, 3.05) is 0 Å². The predicted molar refractivity (Wildman–Crippen MR) is 139 cm³/mol. The van der Waals surface area contributed by atoms with Crippen LogP contribution in [0.1, 0.15) is 49.7 Å². The average molecular weight is 460 g/mol. The van der Waals surface area contributed by atoms with E-state index < -0.39 is 0 Å². The van der Waals surface area contributed by atoms with Gasteiger partial charge < -0.3 is 15.2 Å². The largest absolute Gasteiger partial charge is 0.454 e. The average Bonchev–Trinajstić information content (AvgIpc) is 3.24. The molecule has 1 atom stereocenters. The number of nitrogens with two attached hydrogens (primary N) is 1. The fraction of sp³-hybridized carbons (Fsp3) is 0.250. The summed E-state index contributed by atoms with van der Waals surface area (Å²) < 4.78 is 13.1. The van der Waals surface area contributed by atoms with Crippen molar-refractivity contribution in [3.63, 3.8) is 0 Å². The molecule has 0 spiro atoms. The maximum absolute atomic E-state index is 6.67. The summed E-state index contributed by atoms with van der Waals surface area (Å²) in [5.41, 5.74) is 15.2. The maximum atomic E-state index is 6.67. The Hall–Kier alpha value is -3.56. The zero-order valence-electron chi connectivity index (χ0n) is 19.8. The second kappa shape index (κ2) is 8.00. The first-order valence-corrected chi connectivity index (χ1v) is 12.8. The van der Waals surface area contributed by atoms with Crippen LogP contribution in [0.15, 0.2) is 118 Å². The Labute approximate surface area is 206 Å². The van der Waals surface area contributed by atoms with Gasteiger partial charge in [-0.2, -0.15) is 0 Å². The van der Waals surface area contributed by atoms with Crippen LogP contribution in [-0.2, 0) is 12.0 Å². The zero-order chi connectivity index (χ0) is 23.4. The van der Waals surface area contributed by atoms with Gasteiger partial charge in [0.25, 0.3) is 0 Å². The van der Waals surface area contributed by atoms with E-state index in [4.69, 9.17) is 15.2 Å². The molecule has 0 aromatic heterocycles. The van der Waals surface area contributed by atoms with Crippen molar-refractivity contribution >= 4 is 0 Å². The number of hydrogen-bond acceptors (Lipinski definition) is 3. The molecule has 3 heteroatoms. The first-order valence-electron chi connectivity index (χ1n) is 12.8. The number of benzene rings is 2. The highest BCUT2D eigenvalue weighted by atomic mass is 16.6. The Morgan fingerprint density at radius 3 is 2.54 bits per heavy atom. The molecular weight excluding hydrogens is 430 g/mol. The first kappa shape index (κ1) is 20.8. The van der Waals surface area contributed by atoms with E-state index in [-0.39, 0.29) is 5.41 Å². The molecule has 35 heavy (non-hydrogen) atoms. The summed E-state index contributed by atoms with van der Waals surface area (Å²) in [6.45, 7) is 0.488. The van der Waals surface area contributed by atoms with Gasteiger partial charge in [0.2, 0.25) is 0 Å². The molecule has 0 bridgehead atoms. The maximum Gasteiger partial charge on any atom is 0.173 e. The van der Waals surface area contributed by atoms with Gasteiger partial charge in [-0.05, 0) is 72.1 Å². The van der Waals surface area contributed by atoms with E-state index in [2.05, 4.69) is 60.7 Å². The van der Waals surface area contributed by atoms with Crippen LogP contribution in [0.25, 0.3) is 0 Å². The molecule has 1 unspecified atom stereocenters. The molecule has 0 saturated carbocycles. The lowest BCUT2D eigenvalue weighted by Gasteiger charge is -2.41. The molecule has 7 rings (SSSR count). The third kappa shape index (κ3) is 2.94. The Kier molecular flexibility index (Phi) is 4.75. The Bertz CT molecular complexity index is 1420. The molecule has 2 aromatic carbocycles. The predicted octanol–water partition coefficient (Wildman–Crippen LogP) is 7.09. The van der Waals surface area contributed by atoms with Gasteiger partial charge in [-0.25, -0.2) is 0 Å². The molecule has 0 radical (unpaired) electrons. The van der Waals surface area contributed by atoms with Crippen molar-refractivity contribution < 1.29 is 9.47 Å². The monoisotopic (exact) mass is 459 g/mol. The SMILES string of the molecule is NCc1ccc2c(c1)OC1=C(O2)C2=C(CC1)C(C1=CC=CCC1)(c1ccccc1)C1=C2C=CCC1. The van der Waals surface area contributed by atoms with E-state index in [0.717, 1.165) is 67.1 Å². The minimum atomic E-state index is -0.201. The normalized spacial score (nSPS) is 24.3. The standard InChI is InChI=1S/C32H29NO2/c33-20-21-15-17-27-29(19-21)34-28-18-16-26-30(31(28)35-27)24-13-7-8-14-25(24)32(26,22-9-3-1-4-10-22)23-11-5-2-6-12-23/h1-5,7,9-11,13,15,17,19H,6,8,12,14,16,18,20,33H2. The molecule has 3 nitrogen and oxygen atoms in total. The van der Waals surface area contributed by atoms with Crippen molar-refractivity contribution in [3.05, 3.63) is 129 Å².